The number of hydrogen-bond donors (Lipinski definition) is 1. The molecule has 1 aliphatic rings. The van der Waals surface area contributed by atoms with Crippen LogP contribution in [0.25, 0.3) is 11.4 Å². The Morgan fingerprint density at radius 3 is 2.50 bits per heavy atom. The number of aromatic nitrogens is 2. The van der Waals surface area contributed by atoms with Crippen molar-refractivity contribution in [2.75, 3.05) is 26.2 Å². The van der Waals surface area contributed by atoms with Gasteiger partial charge in [0.15, 0.2) is 0 Å². The SMILES string of the molecule is NCCCOC1CCN(C(=O)c2ccc(-c3noc(C(F)(F)F)n3)cc2)CC1. The molecule has 152 valence electrons. The van der Waals surface area contributed by atoms with Gasteiger partial charge in [0.1, 0.15) is 0 Å². The van der Waals surface area contributed by atoms with Crippen LogP contribution in [-0.2, 0) is 10.9 Å². The predicted octanol–water partition coefficient (Wildman–Crippen LogP) is 2.73. The van der Waals surface area contributed by atoms with E-state index in [1.165, 1.54) is 12.1 Å². The number of halogens is 3. The molecule has 2 N–H and O–H groups in total. The van der Waals surface area contributed by atoms with E-state index in [9.17, 15) is 18.0 Å². The summed E-state index contributed by atoms with van der Waals surface area (Å²) in [6, 6.07) is 6.10. The highest BCUT2D eigenvalue weighted by Gasteiger charge is 2.38. The molecule has 2 heterocycles. The Morgan fingerprint density at radius 1 is 1.25 bits per heavy atom. The Balaban J connectivity index is 1.58. The van der Waals surface area contributed by atoms with Gasteiger partial charge >= 0.3 is 12.1 Å². The van der Waals surface area contributed by atoms with Crippen molar-refractivity contribution in [1.82, 2.24) is 15.0 Å². The highest BCUT2D eigenvalue weighted by molar-refractivity contribution is 5.94. The summed E-state index contributed by atoms with van der Waals surface area (Å²) in [5, 5.41) is 3.33. The van der Waals surface area contributed by atoms with Crippen LogP contribution >= 0.6 is 0 Å². The van der Waals surface area contributed by atoms with Crippen molar-refractivity contribution in [2.45, 2.75) is 31.5 Å². The van der Waals surface area contributed by atoms with Gasteiger partial charge in [-0.05, 0) is 37.9 Å². The molecule has 0 spiro atoms. The first-order valence-corrected chi connectivity index (χ1v) is 9.01. The Kier molecular flexibility index (Phi) is 6.30. The number of ether oxygens (including phenoxy) is 1. The van der Waals surface area contributed by atoms with Crippen molar-refractivity contribution in [3.05, 3.63) is 35.7 Å². The maximum atomic E-state index is 12.6. The number of carbonyl (C=O) groups excluding carboxylic acids is 1. The number of amides is 1. The molecule has 1 aliphatic heterocycles. The number of rotatable bonds is 6. The van der Waals surface area contributed by atoms with Gasteiger partial charge < -0.3 is 19.9 Å². The molecular formula is C18H21F3N4O3. The maximum Gasteiger partial charge on any atom is 0.471 e. The van der Waals surface area contributed by atoms with Crippen LogP contribution in [0.3, 0.4) is 0 Å². The highest BCUT2D eigenvalue weighted by atomic mass is 19.4. The van der Waals surface area contributed by atoms with Crippen LogP contribution in [0, 0.1) is 0 Å². The van der Waals surface area contributed by atoms with Gasteiger partial charge in [0.05, 0.1) is 6.10 Å². The summed E-state index contributed by atoms with van der Waals surface area (Å²) in [6.07, 6.45) is -2.22. The first-order chi connectivity index (χ1) is 13.4. The number of benzene rings is 1. The van der Waals surface area contributed by atoms with E-state index < -0.39 is 12.1 Å². The predicted molar refractivity (Wildman–Crippen MR) is 93.3 cm³/mol. The second-order valence-electron chi connectivity index (χ2n) is 6.50. The molecule has 3 rings (SSSR count). The molecule has 10 heteroatoms. The molecule has 1 fully saturated rings. The average Bonchev–Trinajstić information content (AvgIpc) is 3.19. The third-order valence-electron chi connectivity index (χ3n) is 4.49. The molecule has 1 amide bonds. The molecule has 0 bridgehead atoms. The van der Waals surface area contributed by atoms with E-state index in [1.54, 1.807) is 17.0 Å². The molecule has 0 atom stereocenters. The molecule has 2 aromatic rings. The van der Waals surface area contributed by atoms with Gasteiger partial charge in [0.25, 0.3) is 5.91 Å². The third kappa shape index (κ3) is 4.87. The van der Waals surface area contributed by atoms with E-state index in [4.69, 9.17) is 10.5 Å². The second kappa shape index (κ2) is 8.70. The lowest BCUT2D eigenvalue weighted by Gasteiger charge is -2.32. The Hall–Kier alpha value is -2.46. The van der Waals surface area contributed by atoms with Crippen LogP contribution in [0.2, 0.25) is 0 Å². The minimum Gasteiger partial charge on any atom is -0.378 e. The lowest BCUT2D eigenvalue weighted by molar-refractivity contribution is -0.159. The number of hydrogen-bond acceptors (Lipinski definition) is 6. The Labute approximate surface area is 159 Å². The van der Waals surface area contributed by atoms with E-state index >= 15 is 0 Å². The Bertz CT molecular complexity index is 784. The van der Waals surface area contributed by atoms with Crippen LogP contribution in [-0.4, -0.2) is 53.3 Å². The van der Waals surface area contributed by atoms with Gasteiger partial charge in [-0.3, -0.25) is 4.79 Å². The standard InChI is InChI=1S/C18H21F3N4O3/c19-18(20,21)17-23-15(24-28-17)12-2-4-13(5-3-12)16(26)25-9-6-14(7-10-25)27-11-1-8-22/h2-5,14H,1,6-11,22H2. The molecule has 0 unspecified atom stereocenters. The zero-order valence-electron chi connectivity index (χ0n) is 15.1. The lowest BCUT2D eigenvalue weighted by Crippen LogP contribution is -2.41. The first-order valence-electron chi connectivity index (χ1n) is 9.01. The van der Waals surface area contributed by atoms with Gasteiger partial charge in [-0.15, -0.1) is 0 Å². The summed E-state index contributed by atoms with van der Waals surface area (Å²) in [6.45, 7) is 2.40. The summed E-state index contributed by atoms with van der Waals surface area (Å²) in [7, 11) is 0. The van der Waals surface area contributed by atoms with E-state index in [2.05, 4.69) is 14.7 Å². The molecule has 0 saturated carbocycles. The topological polar surface area (TPSA) is 94.5 Å². The number of nitrogens with zero attached hydrogens (tertiary/aromatic N) is 3. The zero-order chi connectivity index (χ0) is 20.1. The zero-order valence-corrected chi connectivity index (χ0v) is 15.1. The minimum atomic E-state index is -4.69. The van der Waals surface area contributed by atoms with Crippen molar-refractivity contribution in [3.8, 4) is 11.4 Å². The molecule has 1 saturated heterocycles. The van der Waals surface area contributed by atoms with Crippen molar-refractivity contribution in [3.63, 3.8) is 0 Å². The van der Waals surface area contributed by atoms with Gasteiger partial charge in [0, 0.05) is 30.8 Å². The van der Waals surface area contributed by atoms with E-state index in [0.29, 0.717) is 37.4 Å². The van der Waals surface area contributed by atoms with Gasteiger partial charge in [-0.25, -0.2) is 0 Å². The minimum absolute atomic E-state index is 0.129. The number of nitrogens with two attached hydrogens (primary N) is 1. The largest absolute Gasteiger partial charge is 0.471 e. The Morgan fingerprint density at radius 2 is 1.93 bits per heavy atom. The van der Waals surface area contributed by atoms with Crippen LogP contribution < -0.4 is 5.73 Å². The van der Waals surface area contributed by atoms with Crippen molar-refractivity contribution >= 4 is 5.91 Å². The average molecular weight is 398 g/mol. The van der Waals surface area contributed by atoms with Crippen LogP contribution in [0.4, 0.5) is 13.2 Å². The fraction of sp³-hybridized carbons (Fsp3) is 0.500. The molecule has 1 aromatic carbocycles. The summed E-state index contributed by atoms with van der Waals surface area (Å²) in [4.78, 5) is 17.7. The number of carbonyl (C=O) groups is 1. The van der Waals surface area contributed by atoms with E-state index in [-0.39, 0.29) is 17.8 Å². The van der Waals surface area contributed by atoms with Crippen LogP contribution in [0.15, 0.2) is 28.8 Å². The summed E-state index contributed by atoms with van der Waals surface area (Å²) >= 11 is 0. The number of piperidine rings is 1. The van der Waals surface area contributed by atoms with E-state index in [0.717, 1.165) is 19.3 Å². The summed E-state index contributed by atoms with van der Waals surface area (Å²) in [5.41, 5.74) is 6.23. The van der Waals surface area contributed by atoms with Crippen LogP contribution in [0.5, 0.6) is 0 Å². The van der Waals surface area contributed by atoms with Crippen molar-refractivity contribution < 1.29 is 27.2 Å². The van der Waals surface area contributed by atoms with Gasteiger partial charge in [0.2, 0.25) is 5.82 Å². The summed E-state index contributed by atoms with van der Waals surface area (Å²) in [5.74, 6) is -1.71. The molecule has 7 nitrogen and oxygen atoms in total. The molecule has 1 aromatic heterocycles. The smallest absolute Gasteiger partial charge is 0.378 e. The van der Waals surface area contributed by atoms with Crippen molar-refractivity contribution in [1.29, 1.82) is 0 Å². The monoisotopic (exact) mass is 398 g/mol. The quantitative estimate of drug-likeness (QED) is 0.752. The lowest BCUT2D eigenvalue weighted by atomic mass is 10.1. The van der Waals surface area contributed by atoms with Crippen molar-refractivity contribution in [2.24, 2.45) is 5.73 Å². The number of likely N-dealkylation sites (tertiary alicyclic amines) is 1. The normalized spacial score (nSPS) is 15.8. The fourth-order valence-corrected chi connectivity index (χ4v) is 2.96. The second-order valence-corrected chi connectivity index (χ2v) is 6.50. The van der Waals surface area contributed by atoms with Gasteiger partial charge in [-0.1, -0.05) is 17.3 Å². The number of alkyl halides is 3. The summed E-state index contributed by atoms with van der Waals surface area (Å²) < 4.78 is 47.6. The highest BCUT2D eigenvalue weighted by Crippen LogP contribution is 2.29. The third-order valence-corrected chi connectivity index (χ3v) is 4.49. The molecule has 0 aliphatic carbocycles. The van der Waals surface area contributed by atoms with E-state index in [1.807, 2.05) is 0 Å². The molecular weight excluding hydrogens is 377 g/mol. The van der Waals surface area contributed by atoms with Gasteiger partial charge in [-0.2, -0.15) is 18.2 Å². The fourth-order valence-electron chi connectivity index (χ4n) is 2.96. The first kappa shape index (κ1) is 20.3. The molecule has 28 heavy (non-hydrogen) atoms. The molecule has 0 radical (unpaired) electrons. The maximum absolute atomic E-state index is 12.6. The van der Waals surface area contributed by atoms with Crippen LogP contribution in [0.1, 0.15) is 35.5 Å².